The molecule has 1 atom stereocenters. The van der Waals surface area contributed by atoms with E-state index in [1.807, 2.05) is 0 Å². The Morgan fingerprint density at radius 2 is 2.15 bits per heavy atom. The molecule has 1 aromatic rings. The SMILES string of the molecule is COc1c(Cl)cc(F)cc1C(C)N. The molecule has 0 saturated carbocycles. The summed E-state index contributed by atoms with van der Waals surface area (Å²) in [7, 11) is 1.48. The number of nitrogens with two attached hydrogens (primary N) is 1. The molecule has 2 nitrogen and oxygen atoms in total. The van der Waals surface area contributed by atoms with Crippen molar-refractivity contribution < 1.29 is 9.13 Å². The number of halogens is 2. The van der Waals surface area contributed by atoms with Gasteiger partial charge in [-0.1, -0.05) is 11.6 Å². The van der Waals surface area contributed by atoms with Crippen LogP contribution >= 0.6 is 11.6 Å². The van der Waals surface area contributed by atoms with Crippen LogP contribution in [0.1, 0.15) is 18.5 Å². The van der Waals surface area contributed by atoms with Gasteiger partial charge in [-0.15, -0.1) is 0 Å². The maximum Gasteiger partial charge on any atom is 0.142 e. The zero-order chi connectivity index (χ0) is 10.0. The maximum absolute atomic E-state index is 12.9. The van der Waals surface area contributed by atoms with Crippen LogP contribution in [0.2, 0.25) is 5.02 Å². The van der Waals surface area contributed by atoms with Crippen molar-refractivity contribution in [3.63, 3.8) is 0 Å². The lowest BCUT2D eigenvalue weighted by atomic mass is 10.1. The molecular formula is C9H11ClFNO. The van der Waals surface area contributed by atoms with Crippen LogP contribution in [0.5, 0.6) is 5.75 Å². The van der Waals surface area contributed by atoms with Gasteiger partial charge in [-0.3, -0.25) is 0 Å². The lowest BCUT2D eigenvalue weighted by Gasteiger charge is -2.12. The Bertz CT molecular complexity index is 315. The van der Waals surface area contributed by atoms with Crippen LogP contribution in [0, 0.1) is 5.82 Å². The van der Waals surface area contributed by atoms with Crippen molar-refractivity contribution in [2.45, 2.75) is 13.0 Å². The van der Waals surface area contributed by atoms with Gasteiger partial charge in [-0.2, -0.15) is 0 Å². The third-order valence-corrected chi connectivity index (χ3v) is 2.01. The number of benzene rings is 1. The molecule has 0 bridgehead atoms. The molecule has 0 aliphatic heterocycles. The fraction of sp³-hybridized carbons (Fsp3) is 0.333. The third kappa shape index (κ3) is 2.11. The summed E-state index contributed by atoms with van der Waals surface area (Å²) in [4.78, 5) is 0. The Labute approximate surface area is 81.4 Å². The molecule has 0 aliphatic carbocycles. The minimum absolute atomic E-state index is 0.245. The molecule has 0 saturated heterocycles. The molecular weight excluding hydrogens is 193 g/mol. The van der Waals surface area contributed by atoms with E-state index in [0.717, 1.165) is 0 Å². The van der Waals surface area contributed by atoms with Crippen LogP contribution in [0.3, 0.4) is 0 Å². The summed E-state index contributed by atoms with van der Waals surface area (Å²) in [5.41, 5.74) is 6.20. The Morgan fingerprint density at radius 1 is 1.54 bits per heavy atom. The normalized spacial score (nSPS) is 12.7. The van der Waals surface area contributed by atoms with Gasteiger partial charge in [0.25, 0.3) is 0 Å². The van der Waals surface area contributed by atoms with Gasteiger partial charge in [-0.05, 0) is 19.1 Å². The van der Waals surface area contributed by atoms with Gasteiger partial charge in [0, 0.05) is 11.6 Å². The Balaban J connectivity index is 3.29. The zero-order valence-corrected chi connectivity index (χ0v) is 8.23. The highest BCUT2D eigenvalue weighted by Gasteiger charge is 2.13. The van der Waals surface area contributed by atoms with E-state index in [4.69, 9.17) is 22.1 Å². The Morgan fingerprint density at radius 3 is 2.62 bits per heavy atom. The van der Waals surface area contributed by atoms with Crippen LogP contribution in [0.25, 0.3) is 0 Å². The Kier molecular flexibility index (Phi) is 3.12. The highest BCUT2D eigenvalue weighted by atomic mass is 35.5. The summed E-state index contributed by atoms with van der Waals surface area (Å²) in [5, 5.41) is 0.245. The summed E-state index contributed by atoms with van der Waals surface area (Å²) in [6, 6.07) is 2.23. The molecule has 72 valence electrons. The highest BCUT2D eigenvalue weighted by Crippen LogP contribution is 2.32. The fourth-order valence-electron chi connectivity index (χ4n) is 1.13. The van der Waals surface area contributed by atoms with E-state index in [9.17, 15) is 4.39 Å². The predicted molar refractivity (Wildman–Crippen MR) is 50.6 cm³/mol. The number of methoxy groups -OCH3 is 1. The third-order valence-electron chi connectivity index (χ3n) is 1.73. The summed E-state index contributed by atoms with van der Waals surface area (Å²) in [5.74, 6) is 0.0381. The van der Waals surface area contributed by atoms with Crippen molar-refractivity contribution in [2.75, 3.05) is 7.11 Å². The van der Waals surface area contributed by atoms with E-state index in [1.165, 1.54) is 19.2 Å². The van der Waals surface area contributed by atoms with E-state index < -0.39 is 5.82 Å². The number of hydrogen-bond donors (Lipinski definition) is 1. The minimum atomic E-state index is -0.405. The summed E-state index contributed by atoms with van der Waals surface area (Å²) in [6.07, 6.45) is 0. The highest BCUT2D eigenvalue weighted by molar-refractivity contribution is 6.32. The summed E-state index contributed by atoms with van der Waals surface area (Å²) in [6.45, 7) is 1.74. The van der Waals surface area contributed by atoms with E-state index >= 15 is 0 Å². The predicted octanol–water partition coefficient (Wildman–Crippen LogP) is 2.51. The lowest BCUT2D eigenvalue weighted by Crippen LogP contribution is -2.07. The first kappa shape index (κ1) is 10.3. The van der Waals surface area contributed by atoms with Crippen LogP contribution in [-0.4, -0.2) is 7.11 Å². The van der Waals surface area contributed by atoms with Crippen molar-refractivity contribution in [1.82, 2.24) is 0 Å². The van der Waals surface area contributed by atoms with E-state index in [1.54, 1.807) is 6.92 Å². The van der Waals surface area contributed by atoms with Gasteiger partial charge in [0.05, 0.1) is 12.1 Å². The number of rotatable bonds is 2. The van der Waals surface area contributed by atoms with Crippen molar-refractivity contribution >= 4 is 11.6 Å². The van der Waals surface area contributed by atoms with Gasteiger partial charge in [0.15, 0.2) is 0 Å². The molecule has 1 aromatic carbocycles. The van der Waals surface area contributed by atoms with Crippen molar-refractivity contribution in [1.29, 1.82) is 0 Å². The van der Waals surface area contributed by atoms with Crippen LogP contribution in [0.4, 0.5) is 4.39 Å². The first-order chi connectivity index (χ1) is 6.06. The molecule has 0 spiro atoms. The molecule has 0 amide bonds. The van der Waals surface area contributed by atoms with Gasteiger partial charge in [0.2, 0.25) is 0 Å². The van der Waals surface area contributed by atoms with Crippen molar-refractivity contribution in [3.05, 3.63) is 28.5 Å². The summed E-state index contributed by atoms with van der Waals surface area (Å²) >= 11 is 5.76. The largest absolute Gasteiger partial charge is 0.495 e. The number of ether oxygens (including phenoxy) is 1. The second kappa shape index (κ2) is 3.94. The van der Waals surface area contributed by atoms with E-state index in [2.05, 4.69) is 0 Å². The molecule has 0 aliphatic rings. The van der Waals surface area contributed by atoms with E-state index in [-0.39, 0.29) is 11.1 Å². The first-order valence-corrected chi connectivity index (χ1v) is 4.22. The van der Waals surface area contributed by atoms with Crippen LogP contribution in [-0.2, 0) is 0 Å². The molecule has 0 heterocycles. The van der Waals surface area contributed by atoms with Gasteiger partial charge >= 0.3 is 0 Å². The van der Waals surface area contributed by atoms with Gasteiger partial charge in [0.1, 0.15) is 11.6 Å². The molecule has 1 unspecified atom stereocenters. The van der Waals surface area contributed by atoms with Crippen molar-refractivity contribution in [2.24, 2.45) is 5.73 Å². The smallest absolute Gasteiger partial charge is 0.142 e. The average Bonchev–Trinajstić information content (AvgIpc) is 2.02. The van der Waals surface area contributed by atoms with E-state index in [0.29, 0.717) is 11.3 Å². The molecule has 13 heavy (non-hydrogen) atoms. The average molecular weight is 204 g/mol. The molecule has 0 radical (unpaired) electrons. The topological polar surface area (TPSA) is 35.2 Å². The van der Waals surface area contributed by atoms with Crippen LogP contribution < -0.4 is 10.5 Å². The van der Waals surface area contributed by atoms with Gasteiger partial charge in [-0.25, -0.2) is 4.39 Å². The molecule has 2 N–H and O–H groups in total. The summed E-state index contributed by atoms with van der Waals surface area (Å²) < 4.78 is 17.9. The molecule has 4 heteroatoms. The van der Waals surface area contributed by atoms with Crippen molar-refractivity contribution in [3.8, 4) is 5.75 Å². The van der Waals surface area contributed by atoms with Crippen LogP contribution in [0.15, 0.2) is 12.1 Å². The zero-order valence-electron chi connectivity index (χ0n) is 7.47. The second-order valence-electron chi connectivity index (χ2n) is 2.80. The molecule has 1 rings (SSSR count). The minimum Gasteiger partial charge on any atom is -0.495 e. The van der Waals surface area contributed by atoms with Gasteiger partial charge < -0.3 is 10.5 Å². The molecule has 0 fully saturated rings. The molecule has 0 aromatic heterocycles. The maximum atomic E-state index is 12.9. The fourth-order valence-corrected chi connectivity index (χ4v) is 1.42. The number of hydrogen-bond acceptors (Lipinski definition) is 2. The Hall–Kier alpha value is -0.800. The standard InChI is InChI=1S/C9H11ClFNO/c1-5(12)7-3-6(11)4-8(10)9(7)13-2/h3-5H,12H2,1-2H3. The lowest BCUT2D eigenvalue weighted by molar-refractivity contribution is 0.405. The second-order valence-corrected chi connectivity index (χ2v) is 3.21. The quantitative estimate of drug-likeness (QED) is 0.802. The first-order valence-electron chi connectivity index (χ1n) is 3.84. The monoisotopic (exact) mass is 203 g/mol.